The number of amides is 1. The summed E-state index contributed by atoms with van der Waals surface area (Å²) >= 11 is 0. The monoisotopic (exact) mass is 241 g/mol. The van der Waals surface area contributed by atoms with Crippen LogP contribution in [0.1, 0.15) is 33.1 Å². The van der Waals surface area contributed by atoms with E-state index in [0.29, 0.717) is 37.4 Å². The van der Waals surface area contributed by atoms with Crippen LogP contribution in [0.5, 0.6) is 0 Å². The van der Waals surface area contributed by atoms with Gasteiger partial charge in [-0.25, -0.2) is 5.84 Å². The van der Waals surface area contributed by atoms with Crippen LogP contribution in [-0.4, -0.2) is 31.0 Å². The second-order valence-electron chi connectivity index (χ2n) is 4.75. The van der Waals surface area contributed by atoms with Gasteiger partial charge in [0.15, 0.2) is 0 Å². The minimum Gasteiger partial charge on any atom is -0.355 e. The molecule has 0 aromatic rings. The van der Waals surface area contributed by atoms with E-state index >= 15 is 0 Å². The zero-order valence-corrected chi connectivity index (χ0v) is 10.6. The first-order valence-electron chi connectivity index (χ1n) is 6.16. The number of carbonyl (C=O) groups excluding carboxylic acids is 1. The van der Waals surface area contributed by atoms with Crippen molar-refractivity contribution in [1.29, 1.82) is 0 Å². The summed E-state index contributed by atoms with van der Waals surface area (Å²) in [6.07, 6.45) is 2.67. The van der Waals surface area contributed by atoms with Gasteiger partial charge in [-0.2, -0.15) is 0 Å². The Morgan fingerprint density at radius 3 is 2.71 bits per heavy atom. The Balaban J connectivity index is 2.13. The van der Waals surface area contributed by atoms with E-state index in [1.165, 1.54) is 0 Å². The molecule has 0 saturated heterocycles. The van der Waals surface area contributed by atoms with Gasteiger partial charge in [-0.1, -0.05) is 13.8 Å². The third-order valence-electron chi connectivity index (χ3n) is 2.34. The molecular weight excluding hydrogens is 218 g/mol. The molecule has 0 atom stereocenters. The lowest BCUT2D eigenvalue weighted by atomic mass is 10.2. The third kappa shape index (κ3) is 6.78. The topological polar surface area (TPSA) is 91.5 Å². The average molecular weight is 241 g/mol. The van der Waals surface area contributed by atoms with Gasteiger partial charge in [0.1, 0.15) is 0 Å². The molecule has 0 bridgehead atoms. The number of nitrogens with one attached hydrogen (secondary N) is 3. The molecule has 1 aliphatic carbocycles. The van der Waals surface area contributed by atoms with Crippen molar-refractivity contribution in [2.45, 2.75) is 39.2 Å². The molecule has 0 unspecified atom stereocenters. The minimum atomic E-state index is 0.0835. The maximum Gasteiger partial charge on any atom is 0.221 e. The molecule has 1 rings (SSSR count). The first-order chi connectivity index (χ1) is 8.11. The fourth-order valence-electron chi connectivity index (χ4n) is 1.25. The molecule has 17 heavy (non-hydrogen) atoms. The van der Waals surface area contributed by atoms with Crippen molar-refractivity contribution in [2.24, 2.45) is 16.8 Å². The van der Waals surface area contributed by atoms with Crippen LogP contribution in [0.3, 0.4) is 0 Å². The zero-order valence-electron chi connectivity index (χ0n) is 10.6. The Hall–Kier alpha value is -1.30. The predicted molar refractivity (Wildman–Crippen MR) is 68.2 cm³/mol. The van der Waals surface area contributed by atoms with Gasteiger partial charge in [-0.15, -0.1) is 0 Å². The van der Waals surface area contributed by atoms with Gasteiger partial charge in [-0.05, 0) is 18.8 Å². The predicted octanol–water partition coefficient (Wildman–Crippen LogP) is -0.280. The standard InChI is InChI=1S/C11H23N5O/c1-8(2)7-14-11(16-12)13-6-5-10(17)15-9-3-4-9/h8-9H,3-7,12H2,1-2H3,(H,15,17)(H2,13,14,16). The molecule has 0 heterocycles. The highest BCUT2D eigenvalue weighted by Gasteiger charge is 2.22. The molecule has 6 nitrogen and oxygen atoms in total. The SMILES string of the molecule is CC(C)CN=C(NN)NCCC(=O)NC1CC1. The van der Waals surface area contributed by atoms with E-state index in [2.05, 4.69) is 34.9 Å². The smallest absolute Gasteiger partial charge is 0.221 e. The molecule has 0 aromatic heterocycles. The Morgan fingerprint density at radius 2 is 2.18 bits per heavy atom. The van der Waals surface area contributed by atoms with Crippen LogP contribution in [0.15, 0.2) is 4.99 Å². The number of hydrazine groups is 1. The highest BCUT2D eigenvalue weighted by atomic mass is 16.1. The summed E-state index contributed by atoms with van der Waals surface area (Å²) in [6.45, 7) is 5.42. The highest BCUT2D eigenvalue weighted by Crippen LogP contribution is 2.18. The molecule has 0 aliphatic heterocycles. The largest absolute Gasteiger partial charge is 0.355 e. The molecule has 98 valence electrons. The van der Waals surface area contributed by atoms with Gasteiger partial charge < -0.3 is 10.6 Å². The van der Waals surface area contributed by atoms with Crippen molar-refractivity contribution < 1.29 is 4.79 Å². The van der Waals surface area contributed by atoms with Gasteiger partial charge in [0.05, 0.1) is 0 Å². The van der Waals surface area contributed by atoms with E-state index in [0.717, 1.165) is 12.8 Å². The normalized spacial score (nSPS) is 15.9. The van der Waals surface area contributed by atoms with Crippen LogP contribution in [-0.2, 0) is 4.79 Å². The summed E-state index contributed by atoms with van der Waals surface area (Å²) < 4.78 is 0. The second-order valence-corrected chi connectivity index (χ2v) is 4.75. The molecule has 1 amide bonds. The van der Waals surface area contributed by atoms with E-state index in [4.69, 9.17) is 5.84 Å². The van der Waals surface area contributed by atoms with E-state index in [9.17, 15) is 4.79 Å². The third-order valence-corrected chi connectivity index (χ3v) is 2.34. The molecular formula is C11H23N5O. The molecule has 1 aliphatic rings. The Kier molecular flexibility index (Phi) is 5.76. The lowest BCUT2D eigenvalue weighted by Gasteiger charge is -2.10. The number of carbonyl (C=O) groups is 1. The highest BCUT2D eigenvalue weighted by molar-refractivity contribution is 5.81. The maximum absolute atomic E-state index is 11.4. The van der Waals surface area contributed by atoms with Crippen LogP contribution in [0.25, 0.3) is 0 Å². The quantitative estimate of drug-likeness (QED) is 0.223. The van der Waals surface area contributed by atoms with Crippen molar-refractivity contribution in [3.05, 3.63) is 0 Å². The Labute approximate surface area is 102 Å². The summed E-state index contributed by atoms with van der Waals surface area (Å²) in [5.74, 6) is 6.43. The van der Waals surface area contributed by atoms with Crippen molar-refractivity contribution in [3.8, 4) is 0 Å². The van der Waals surface area contributed by atoms with Gasteiger partial charge in [0, 0.05) is 25.6 Å². The first kappa shape index (κ1) is 13.8. The number of aliphatic imine (C=N–C) groups is 1. The Bertz CT molecular complexity index is 273. The van der Waals surface area contributed by atoms with Crippen molar-refractivity contribution >= 4 is 11.9 Å². The number of hydrogen-bond acceptors (Lipinski definition) is 3. The lowest BCUT2D eigenvalue weighted by molar-refractivity contribution is -0.121. The van der Waals surface area contributed by atoms with Crippen molar-refractivity contribution in [3.63, 3.8) is 0 Å². The van der Waals surface area contributed by atoms with Gasteiger partial charge in [-0.3, -0.25) is 15.2 Å². The summed E-state index contributed by atoms with van der Waals surface area (Å²) in [5.41, 5.74) is 2.49. The van der Waals surface area contributed by atoms with Gasteiger partial charge >= 0.3 is 0 Å². The zero-order chi connectivity index (χ0) is 12.7. The molecule has 5 N–H and O–H groups in total. The van der Waals surface area contributed by atoms with E-state index < -0.39 is 0 Å². The molecule has 0 spiro atoms. The fourth-order valence-corrected chi connectivity index (χ4v) is 1.25. The number of guanidine groups is 1. The first-order valence-corrected chi connectivity index (χ1v) is 6.16. The van der Waals surface area contributed by atoms with Crippen LogP contribution in [0, 0.1) is 5.92 Å². The Morgan fingerprint density at radius 1 is 1.47 bits per heavy atom. The molecule has 1 fully saturated rings. The second kappa shape index (κ2) is 7.11. The number of rotatable bonds is 6. The van der Waals surface area contributed by atoms with Crippen molar-refractivity contribution in [2.75, 3.05) is 13.1 Å². The summed E-state index contributed by atoms with van der Waals surface area (Å²) in [5, 5.41) is 5.93. The van der Waals surface area contributed by atoms with Crippen molar-refractivity contribution in [1.82, 2.24) is 16.1 Å². The molecule has 0 radical (unpaired) electrons. The lowest BCUT2D eigenvalue weighted by Crippen LogP contribution is -2.43. The van der Waals surface area contributed by atoms with E-state index in [-0.39, 0.29) is 5.91 Å². The average Bonchev–Trinajstić information content (AvgIpc) is 3.06. The minimum absolute atomic E-state index is 0.0835. The molecule has 6 heteroatoms. The summed E-state index contributed by atoms with van der Waals surface area (Å²) in [6, 6.07) is 0.421. The molecule has 1 saturated carbocycles. The van der Waals surface area contributed by atoms with Crippen LogP contribution in [0.4, 0.5) is 0 Å². The number of hydrogen-bond donors (Lipinski definition) is 4. The van der Waals surface area contributed by atoms with Crippen LogP contribution in [0.2, 0.25) is 0 Å². The number of nitrogens with zero attached hydrogens (tertiary/aromatic N) is 1. The van der Waals surface area contributed by atoms with Gasteiger partial charge in [0.2, 0.25) is 11.9 Å². The fraction of sp³-hybridized carbons (Fsp3) is 0.818. The maximum atomic E-state index is 11.4. The summed E-state index contributed by atoms with van der Waals surface area (Å²) in [7, 11) is 0. The van der Waals surface area contributed by atoms with E-state index in [1.807, 2.05) is 0 Å². The summed E-state index contributed by atoms with van der Waals surface area (Å²) in [4.78, 5) is 15.6. The van der Waals surface area contributed by atoms with Crippen LogP contribution >= 0.6 is 0 Å². The van der Waals surface area contributed by atoms with Gasteiger partial charge in [0.25, 0.3) is 0 Å². The molecule has 0 aromatic carbocycles. The van der Waals surface area contributed by atoms with E-state index in [1.54, 1.807) is 0 Å². The van der Waals surface area contributed by atoms with Crippen LogP contribution < -0.4 is 21.9 Å². The number of nitrogens with two attached hydrogens (primary N) is 1.